The van der Waals surface area contributed by atoms with Crippen LogP contribution < -0.4 is 5.73 Å². The smallest absolute Gasteiger partial charge is 0.169 e. The van der Waals surface area contributed by atoms with Gasteiger partial charge >= 0.3 is 0 Å². The van der Waals surface area contributed by atoms with Gasteiger partial charge in [0.05, 0.1) is 16.4 Å². The van der Waals surface area contributed by atoms with Gasteiger partial charge in [0.1, 0.15) is 0 Å². The standard InChI is InChI=1S/C13H20BrN5/c1-3-18(4-2)7-5-11(15)12-6-8-19-13(17-12)10(14)9-16-19/h6,8-9,11H,3-5,7,15H2,1-2H3. The minimum Gasteiger partial charge on any atom is -0.323 e. The molecule has 0 saturated carbocycles. The van der Waals surface area contributed by atoms with Crippen molar-refractivity contribution in [2.75, 3.05) is 19.6 Å². The largest absolute Gasteiger partial charge is 0.323 e. The van der Waals surface area contributed by atoms with Gasteiger partial charge in [-0.15, -0.1) is 0 Å². The van der Waals surface area contributed by atoms with Crippen molar-refractivity contribution < 1.29 is 0 Å². The van der Waals surface area contributed by atoms with E-state index in [1.54, 1.807) is 10.7 Å². The number of halogens is 1. The maximum atomic E-state index is 6.23. The highest BCUT2D eigenvalue weighted by atomic mass is 79.9. The van der Waals surface area contributed by atoms with Gasteiger partial charge in [0.25, 0.3) is 0 Å². The summed E-state index contributed by atoms with van der Waals surface area (Å²) < 4.78 is 2.63. The molecule has 2 heterocycles. The Balaban J connectivity index is 2.08. The molecule has 5 nitrogen and oxygen atoms in total. The molecule has 6 heteroatoms. The second-order valence-corrected chi connectivity index (χ2v) is 5.39. The summed E-state index contributed by atoms with van der Waals surface area (Å²) in [4.78, 5) is 6.94. The summed E-state index contributed by atoms with van der Waals surface area (Å²) >= 11 is 3.44. The quantitative estimate of drug-likeness (QED) is 0.884. The molecule has 0 amide bonds. The lowest BCUT2D eigenvalue weighted by molar-refractivity contribution is 0.290. The molecular formula is C13H20BrN5. The minimum absolute atomic E-state index is 0.0348. The van der Waals surface area contributed by atoms with Gasteiger partial charge in [0.2, 0.25) is 0 Å². The van der Waals surface area contributed by atoms with Crippen LogP contribution in [0.15, 0.2) is 22.9 Å². The maximum Gasteiger partial charge on any atom is 0.169 e. The number of nitrogens with zero attached hydrogens (tertiary/aromatic N) is 4. The zero-order chi connectivity index (χ0) is 13.8. The van der Waals surface area contributed by atoms with Crippen LogP contribution in [-0.2, 0) is 0 Å². The average Bonchev–Trinajstić information content (AvgIpc) is 2.81. The maximum absolute atomic E-state index is 6.23. The lowest BCUT2D eigenvalue weighted by Gasteiger charge is -2.20. The summed E-state index contributed by atoms with van der Waals surface area (Å²) in [7, 11) is 0. The van der Waals surface area contributed by atoms with Gasteiger partial charge in [0.15, 0.2) is 5.65 Å². The predicted molar refractivity (Wildman–Crippen MR) is 80.0 cm³/mol. The number of aromatic nitrogens is 3. The molecule has 2 aromatic heterocycles. The van der Waals surface area contributed by atoms with Crippen LogP contribution in [0.4, 0.5) is 0 Å². The molecule has 0 saturated heterocycles. The van der Waals surface area contributed by atoms with Crippen molar-refractivity contribution in [1.82, 2.24) is 19.5 Å². The fourth-order valence-electron chi connectivity index (χ4n) is 2.07. The van der Waals surface area contributed by atoms with Crippen molar-refractivity contribution in [3.63, 3.8) is 0 Å². The van der Waals surface area contributed by atoms with E-state index in [0.717, 1.165) is 41.9 Å². The van der Waals surface area contributed by atoms with E-state index in [1.165, 1.54) is 0 Å². The van der Waals surface area contributed by atoms with E-state index in [0.29, 0.717) is 0 Å². The van der Waals surface area contributed by atoms with Crippen molar-refractivity contribution in [3.05, 3.63) is 28.6 Å². The molecule has 1 unspecified atom stereocenters. The van der Waals surface area contributed by atoms with Gasteiger partial charge in [0, 0.05) is 12.2 Å². The number of hydrogen-bond acceptors (Lipinski definition) is 4. The van der Waals surface area contributed by atoms with Crippen LogP contribution >= 0.6 is 15.9 Å². The van der Waals surface area contributed by atoms with E-state index in [4.69, 9.17) is 5.73 Å². The fraction of sp³-hybridized carbons (Fsp3) is 0.538. The molecule has 0 aliphatic carbocycles. The highest BCUT2D eigenvalue weighted by Gasteiger charge is 2.11. The predicted octanol–water partition coefficient (Wildman–Crippen LogP) is 2.22. The SMILES string of the molecule is CCN(CC)CCC(N)c1ccn2ncc(Br)c2n1. The van der Waals surface area contributed by atoms with Gasteiger partial charge < -0.3 is 10.6 Å². The Hall–Kier alpha value is -0.980. The normalized spacial score (nSPS) is 13.3. The van der Waals surface area contributed by atoms with Crippen LogP contribution in [0.25, 0.3) is 5.65 Å². The molecule has 0 aromatic carbocycles. The minimum atomic E-state index is -0.0348. The third kappa shape index (κ3) is 3.32. The Morgan fingerprint density at radius 2 is 2.16 bits per heavy atom. The summed E-state index contributed by atoms with van der Waals surface area (Å²) in [5, 5.41) is 4.18. The lowest BCUT2D eigenvalue weighted by atomic mass is 10.1. The second kappa shape index (κ2) is 6.45. The molecule has 104 valence electrons. The molecule has 0 bridgehead atoms. The first kappa shape index (κ1) is 14.4. The first-order valence-electron chi connectivity index (χ1n) is 6.63. The number of fused-ring (bicyclic) bond motifs is 1. The summed E-state index contributed by atoms with van der Waals surface area (Å²) in [6, 6.07) is 1.91. The summed E-state index contributed by atoms with van der Waals surface area (Å²) in [5.74, 6) is 0. The van der Waals surface area contributed by atoms with Crippen LogP contribution in [0.3, 0.4) is 0 Å². The summed E-state index contributed by atoms with van der Waals surface area (Å²) in [6.07, 6.45) is 4.56. The van der Waals surface area contributed by atoms with E-state index in [-0.39, 0.29) is 6.04 Å². The van der Waals surface area contributed by atoms with E-state index >= 15 is 0 Å². The Bertz CT molecular complexity index is 535. The summed E-state index contributed by atoms with van der Waals surface area (Å²) in [5.41, 5.74) is 7.96. The number of hydrogen-bond donors (Lipinski definition) is 1. The molecule has 0 spiro atoms. The zero-order valence-electron chi connectivity index (χ0n) is 11.4. The van der Waals surface area contributed by atoms with Gasteiger partial charge in [-0.05, 0) is 48.1 Å². The van der Waals surface area contributed by atoms with Crippen molar-refractivity contribution in [2.45, 2.75) is 26.3 Å². The third-order valence-electron chi connectivity index (χ3n) is 3.38. The molecule has 0 aliphatic rings. The van der Waals surface area contributed by atoms with Crippen LogP contribution in [0.5, 0.6) is 0 Å². The number of nitrogens with two attached hydrogens (primary N) is 1. The Kier molecular flexibility index (Phi) is 4.90. The lowest BCUT2D eigenvalue weighted by Crippen LogP contribution is -2.27. The summed E-state index contributed by atoms with van der Waals surface area (Å²) in [6.45, 7) is 7.46. The first-order valence-corrected chi connectivity index (χ1v) is 7.42. The van der Waals surface area contributed by atoms with Gasteiger partial charge in [-0.3, -0.25) is 0 Å². The third-order valence-corrected chi connectivity index (χ3v) is 3.94. The van der Waals surface area contributed by atoms with E-state index in [9.17, 15) is 0 Å². The van der Waals surface area contributed by atoms with Crippen molar-refractivity contribution in [1.29, 1.82) is 0 Å². The molecule has 0 radical (unpaired) electrons. The molecule has 2 N–H and O–H groups in total. The van der Waals surface area contributed by atoms with Crippen LogP contribution in [0.1, 0.15) is 32.0 Å². The van der Waals surface area contributed by atoms with Crippen molar-refractivity contribution in [3.8, 4) is 0 Å². The van der Waals surface area contributed by atoms with E-state index in [1.807, 2.05) is 12.3 Å². The van der Waals surface area contributed by atoms with Gasteiger partial charge in [-0.2, -0.15) is 5.10 Å². The van der Waals surface area contributed by atoms with E-state index in [2.05, 4.69) is 44.8 Å². The Morgan fingerprint density at radius 1 is 1.42 bits per heavy atom. The molecule has 1 atom stereocenters. The average molecular weight is 326 g/mol. The van der Waals surface area contributed by atoms with Gasteiger partial charge in [-0.25, -0.2) is 9.50 Å². The monoisotopic (exact) mass is 325 g/mol. The molecule has 2 aromatic rings. The van der Waals surface area contributed by atoms with Crippen LogP contribution in [0, 0.1) is 0 Å². The molecule has 0 aliphatic heterocycles. The molecular weight excluding hydrogens is 306 g/mol. The Labute approximate surface area is 121 Å². The first-order chi connectivity index (χ1) is 9.15. The van der Waals surface area contributed by atoms with Crippen molar-refractivity contribution >= 4 is 21.6 Å². The molecule has 19 heavy (non-hydrogen) atoms. The highest BCUT2D eigenvalue weighted by Crippen LogP contribution is 2.18. The van der Waals surface area contributed by atoms with E-state index < -0.39 is 0 Å². The van der Waals surface area contributed by atoms with Crippen LogP contribution in [-0.4, -0.2) is 39.1 Å². The van der Waals surface area contributed by atoms with Crippen molar-refractivity contribution in [2.24, 2.45) is 5.73 Å². The fourth-order valence-corrected chi connectivity index (χ4v) is 2.43. The second-order valence-electron chi connectivity index (χ2n) is 4.54. The van der Waals surface area contributed by atoms with Crippen LogP contribution in [0.2, 0.25) is 0 Å². The van der Waals surface area contributed by atoms with Gasteiger partial charge in [-0.1, -0.05) is 13.8 Å². The Morgan fingerprint density at radius 3 is 2.84 bits per heavy atom. The molecule has 0 fully saturated rings. The number of rotatable bonds is 6. The highest BCUT2D eigenvalue weighted by molar-refractivity contribution is 9.10. The topological polar surface area (TPSA) is 59.5 Å². The zero-order valence-corrected chi connectivity index (χ0v) is 13.0. The molecule has 2 rings (SSSR count).